The summed E-state index contributed by atoms with van der Waals surface area (Å²) >= 11 is 0. The summed E-state index contributed by atoms with van der Waals surface area (Å²) in [6.07, 6.45) is 4.80. The van der Waals surface area contributed by atoms with Crippen LogP contribution in [0, 0.1) is 0 Å². The van der Waals surface area contributed by atoms with E-state index in [0.717, 1.165) is 36.8 Å². The zero-order valence-electron chi connectivity index (χ0n) is 16.2. The van der Waals surface area contributed by atoms with E-state index in [4.69, 9.17) is 14.2 Å². The van der Waals surface area contributed by atoms with Gasteiger partial charge in [0.25, 0.3) is 5.91 Å². The van der Waals surface area contributed by atoms with Crippen molar-refractivity contribution in [2.24, 2.45) is 0 Å². The largest absolute Gasteiger partial charge is 0.491 e. The maximum absolute atomic E-state index is 12.6. The fourth-order valence-corrected chi connectivity index (χ4v) is 3.27. The van der Waals surface area contributed by atoms with Crippen molar-refractivity contribution in [1.29, 1.82) is 0 Å². The van der Waals surface area contributed by atoms with Crippen molar-refractivity contribution >= 4 is 22.5 Å². The minimum Gasteiger partial charge on any atom is -0.491 e. The molecule has 6 nitrogen and oxygen atoms in total. The summed E-state index contributed by atoms with van der Waals surface area (Å²) in [6.45, 7) is 1.66. The SMILES string of the molecule is O=C(Nc1cccc(OCCOC2CCCCO2)c1)c1ccc2ncccc2c1. The molecule has 150 valence electrons. The molecule has 4 rings (SSSR count). The van der Waals surface area contributed by atoms with Gasteiger partial charge in [-0.3, -0.25) is 9.78 Å². The van der Waals surface area contributed by atoms with Crippen LogP contribution < -0.4 is 10.1 Å². The normalized spacial score (nSPS) is 16.5. The first-order chi connectivity index (χ1) is 14.3. The highest BCUT2D eigenvalue weighted by molar-refractivity contribution is 6.06. The Morgan fingerprint density at radius 1 is 1.10 bits per heavy atom. The van der Waals surface area contributed by atoms with E-state index in [0.29, 0.717) is 30.2 Å². The van der Waals surface area contributed by atoms with Gasteiger partial charge in [-0.1, -0.05) is 12.1 Å². The molecule has 1 atom stereocenters. The molecule has 1 aliphatic rings. The van der Waals surface area contributed by atoms with Gasteiger partial charge in [0.05, 0.1) is 12.1 Å². The Kier molecular flexibility index (Phi) is 6.34. The van der Waals surface area contributed by atoms with Gasteiger partial charge in [0.1, 0.15) is 12.4 Å². The Labute approximate surface area is 169 Å². The predicted molar refractivity (Wildman–Crippen MR) is 111 cm³/mol. The summed E-state index contributed by atoms with van der Waals surface area (Å²) < 4.78 is 16.9. The first kappa shape index (κ1) is 19.4. The average molecular weight is 392 g/mol. The van der Waals surface area contributed by atoms with Gasteiger partial charge in [0.2, 0.25) is 0 Å². The van der Waals surface area contributed by atoms with E-state index in [-0.39, 0.29) is 12.2 Å². The van der Waals surface area contributed by atoms with E-state index in [1.165, 1.54) is 0 Å². The average Bonchev–Trinajstić information content (AvgIpc) is 2.77. The van der Waals surface area contributed by atoms with Crippen molar-refractivity contribution in [3.8, 4) is 5.75 Å². The van der Waals surface area contributed by atoms with Crippen LogP contribution in [0.2, 0.25) is 0 Å². The van der Waals surface area contributed by atoms with Gasteiger partial charge >= 0.3 is 0 Å². The first-order valence-electron chi connectivity index (χ1n) is 9.90. The third-order valence-electron chi connectivity index (χ3n) is 4.75. The molecule has 0 radical (unpaired) electrons. The van der Waals surface area contributed by atoms with Crippen LogP contribution in [0.3, 0.4) is 0 Å². The van der Waals surface area contributed by atoms with Crippen LogP contribution in [-0.2, 0) is 9.47 Å². The molecule has 0 spiro atoms. The molecule has 1 amide bonds. The summed E-state index contributed by atoms with van der Waals surface area (Å²) in [6, 6.07) is 16.6. The topological polar surface area (TPSA) is 69.7 Å². The molecule has 1 unspecified atom stereocenters. The number of nitrogens with one attached hydrogen (secondary N) is 1. The minimum atomic E-state index is -0.175. The van der Waals surface area contributed by atoms with Crippen LogP contribution >= 0.6 is 0 Å². The van der Waals surface area contributed by atoms with Crippen molar-refractivity contribution in [2.45, 2.75) is 25.6 Å². The Morgan fingerprint density at radius 2 is 2.07 bits per heavy atom. The van der Waals surface area contributed by atoms with E-state index in [1.807, 2.05) is 42.5 Å². The molecule has 0 saturated carbocycles. The standard InChI is InChI=1S/C23H24N2O4/c26-23(18-9-10-21-17(15-18)5-4-11-24-21)25-19-6-3-7-20(16-19)27-13-14-29-22-8-1-2-12-28-22/h3-7,9-11,15-16,22H,1-2,8,12-14H2,(H,25,26). The van der Waals surface area contributed by atoms with E-state index in [2.05, 4.69) is 10.3 Å². The Bertz CT molecular complexity index is 970. The highest BCUT2D eigenvalue weighted by Gasteiger charge is 2.13. The quantitative estimate of drug-likeness (QED) is 0.603. The van der Waals surface area contributed by atoms with Gasteiger partial charge in [-0.2, -0.15) is 0 Å². The molecule has 0 aliphatic carbocycles. The van der Waals surface area contributed by atoms with Crippen LogP contribution in [0.1, 0.15) is 29.6 Å². The van der Waals surface area contributed by atoms with Crippen molar-refractivity contribution in [2.75, 3.05) is 25.1 Å². The molecule has 1 N–H and O–H groups in total. The van der Waals surface area contributed by atoms with Crippen molar-refractivity contribution in [3.63, 3.8) is 0 Å². The second kappa shape index (κ2) is 9.49. The lowest BCUT2D eigenvalue weighted by Crippen LogP contribution is -2.24. The van der Waals surface area contributed by atoms with Gasteiger partial charge in [0, 0.05) is 35.5 Å². The highest BCUT2D eigenvalue weighted by atomic mass is 16.7. The predicted octanol–water partition coefficient (Wildman–Crippen LogP) is 4.41. The Balaban J connectivity index is 1.31. The van der Waals surface area contributed by atoms with Crippen LogP contribution in [0.25, 0.3) is 10.9 Å². The van der Waals surface area contributed by atoms with Gasteiger partial charge in [0.15, 0.2) is 6.29 Å². The van der Waals surface area contributed by atoms with E-state index in [9.17, 15) is 4.79 Å². The number of carbonyl (C=O) groups excluding carboxylic acids is 1. The molecule has 2 heterocycles. The molecule has 6 heteroatoms. The van der Waals surface area contributed by atoms with Crippen LogP contribution in [-0.4, -0.2) is 37.0 Å². The molecule has 1 fully saturated rings. The summed E-state index contributed by atoms with van der Waals surface area (Å²) in [4.78, 5) is 16.9. The molecule has 1 aromatic heterocycles. The number of aromatic nitrogens is 1. The van der Waals surface area contributed by atoms with E-state index in [1.54, 1.807) is 18.3 Å². The number of benzene rings is 2. The Morgan fingerprint density at radius 3 is 2.97 bits per heavy atom. The highest BCUT2D eigenvalue weighted by Crippen LogP contribution is 2.20. The molecule has 29 heavy (non-hydrogen) atoms. The Hall–Kier alpha value is -2.96. The fourth-order valence-electron chi connectivity index (χ4n) is 3.27. The van der Waals surface area contributed by atoms with Gasteiger partial charge in [-0.15, -0.1) is 0 Å². The van der Waals surface area contributed by atoms with Gasteiger partial charge in [-0.25, -0.2) is 0 Å². The van der Waals surface area contributed by atoms with Gasteiger partial charge in [-0.05, 0) is 55.7 Å². The zero-order valence-corrected chi connectivity index (χ0v) is 16.2. The first-order valence-corrected chi connectivity index (χ1v) is 9.90. The number of carbonyl (C=O) groups is 1. The van der Waals surface area contributed by atoms with Gasteiger partial charge < -0.3 is 19.5 Å². The third kappa shape index (κ3) is 5.31. The molecule has 3 aromatic rings. The number of pyridine rings is 1. The lowest BCUT2D eigenvalue weighted by atomic mass is 10.1. The molecule has 0 bridgehead atoms. The minimum absolute atomic E-state index is 0.116. The van der Waals surface area contributed by atoms with Crippen molar-refractivity contribution in [1.82, 2.24) is 4.98 Å². The summed E-state index contributed by atoms with van der Waals surface area (Å²) in [7, 11) is 0. The smallest absolute Gasteiger partial charge is 0.255 e. The number of ether oxygens (including phenoxy) is 3. The second-order valence-corrected chi connectivity index (χ2v) is 6.91. The van der Waals surface area contributed by atoms with Crippen molar-refractivity contribution in [3.05, 3.63) is 66.4 Å². The van der Waals surface area contributed by atoms with Crippen LogP contribution in [0.15, 0.2) is 60.8 Å². The number of amides is 1. The molecular weight excluding hydrogens is 368 g/mol. The van der Waals surface area contributed by atoms with Crippen LogP contribution in [0.5, 0.6) is 5.75 Å². The lowest BCUT2D eigenvalue weighted by molar-refractivity contribution is -0.165. The number of nitrogens with zero attached hydrogens (tertiary/aromatic N) is 1. The second-order valence-electron chi connectivity index (χ2n) is 6.91. The molecule has 1 saturated heterocycles. The van der Waals surface area contributed by atoms with Crippen LogP contribution in [0.4, 0.5) is 5.69 Å². The number of rotatable bonds is 7. The number of anilines is 1. The maximum Gasteiger partial charge on any atom is 0.255 e. The molecular formula is C23H24N2O4. The zero-order chi connectivity index (χ0) is 19.9. The number of hydrogen-bond donors (Lipinski definition) is 1. The van der Waals surface area contributed by atoms with E-state index >= 15 is 0 Å². The summed E-state index contributed by atoms with van der Waals surface area (Å²) in [5.74, 6) is 0.504. The summed E-state index contributed by atoms with van der Waals surface area (Å²) in [5.41, 5.74) is 2.12. The summed E-state index contributed by atoms with van der Waals surface area (Å²) in [5, 5.41) is 3.84. The monoisotopic (exact) mass is 392 g/mol. The molecule has 1 aliphatic heterocycles. The maximum atomic E-state index is 12.6. The fraction of sp³-hybridized carbons (Fsp3) is 0.304. The third-order valence-corrected chi connectivity index (χ3v) is 4.75. The lowest BCUT2D eigenvalue weighted by Gasteiger charge is -2.22. The molecule has 2 aromatic carbocycles. The number of fused-ring (bicyclic) bond motifs is 1. The number of hydrogen-bond acceptors (Lipinski definition) is 5. The van der Waals surface area contributed by atoms with Crippen molar-refractivity contribution < 1.29 is 19.0 Å². The van der Waals surface area contributed by atoms with E-state index < -0.39 is 0 Å².